The molecule has 0 bridgehead atoms. The van der Waals surface area contributed by atoms with E-state index in [-0.39, 0.29) is 5.91 Å². The average Bonchev–Trinajstić information content (AvgIpc) is 2.55. The predicted molar refractivity (Wildman–Crippen MR) is 81.8 cm³/mol. The Balaban J connectivity index is 1.74. The summed E-state index contributed by atoms with van der Waals surface area (Å²) in [5.41, 5.74) is 3.80. The molecule has 3 aromatic rings. The lowest BCUT2D eigenvalue weighted by Crippen LogP contribution is -2.17. The number of pyridine rings is 1. The Morgan fingerprint density at radius 2 is 1.95 bits per heavy atom. The first-order valence-corrected chi connectivity index (χ1v) is 6.50. The number of hydrogen-bond donors (Lipinski definition) is 1. The van der Waals surface area contributed by atoms with Crippen molar-refractivity contribution < 1.29 is 9.21 Å². The quantitative estimate of drug-likeness (QED) is 0.454. The Morgan fingerprint density at radius 3 is 2.77 bits per heavy atom. The zero-order valence-corrected chi connectivity index (χ0v) is 11.4. The normalized spacial score (nSPS) is 10.9. The number of hydrazone groups is 1. The molecule has 3 rings (SSSR count). The highest BCUT2D eigenvalue weighted by atomic mass is 16.4. The van der Waals surface area contributed by atoms with Crippen LogP contribution >= 0.6 is 0 Å². The highest BCUT2D eigenvalue weighted by molar-refractivity contribution is 5.95. The second-order valence-electron chi connectivity index (χ2n) is 4.49. The van der Waals surface area contributed by atoms with Gasteiger partial charge < -0.3 is 4.42 Å². The van der Waals surface area contributed by atoms with Crippen LogP contribution in [0.3, 0.4) is 0 Å². The number of nitrogens with zero attached hydrogens (tertiary/aromatic N) is 2. The van der Waals surface area contributed by atoms with Crippen LogP contribution in [0.1, 0.15) is 15.9 Å². The van der Waals surface area contributed by atoms with Crippen LogP contribution in [-0.2, 0) is 0 Å². The fraction of sp³-hybridized carbons (Fsp3) is 0. The SMILES string of the molecule is O=C(N/N=C\c1ccc2oc(=O)ccc2c1)c1ccncc1. The largest absolute Gasteiger partial charge is 0.423 e. The zero-order chi connectivity index (χ0) is 15.4. The predicted octanol–water partition coefficient (Wildman–Crippen LogP) is 1.95. The lowest BCUT2D eigenvalue weighted by molar-refractivity contribution is 0.0955. The van der Waals surface area contributed by atoms with Gasteiger partial charge in [-0.3, -0.25) is 9.78 Å². The van der Waals surface area contributed by atoms with Crippen molar-refractivity contribution in [3.63, 3.8) is 0 Å². The molecule has 0 fully saturated rings. The first-order valence-electron chi connectivity index (χ1n) is 6.50. The molecule has 1 aromatic carbocycles. The van der Waals surface area contributed by atoms with Crippen molar-refractivity contribution in [1.29, 1.82) is 0 Å². The van der Waals surface area contributed by atoms with Crippen molar-refractivity contribution in [3.8, 4) is 0 Å². The van der Waals surface area contributed by atoms with Crippen molar-refractivity contribution in [2.75, 3.05) is 0 Å². The Hall–Kier alpha value is -3.28. The fourth-order valence-corrected chi connectivity index (χ4v) is 1.90. The topological polar surface area (TPSA) is 84.6 Å². The van der Waals surface area contributed by atoms with Crippen LogP contribution in [0.25, 0.3) is 11.0 Å². The summed E-state index contributed by atoms with van der Waals surface area (Å²) in [4.78, 5) is 26.7. The van der Waals surface area contributed by atoms with Gasteiger partial charge in [0.25, 0.3) is 5.91 Å². The van der Waals surface area contributed by atoms with E-state index in [1.807, 2.05) is 0 Å². The number of nitrogens with one attached hydrogen (secondary N) is 1. The zero-order valence-electron chi connectivity index (χ0n) is 11.4. The summed E-state index contributed by atoms with van der Waals surface area (Å²) in [5, 5.41) is 4.69. The molecule has 0 aliphatic carbocycles. The molecule has 0 atom stereocenters. The fourth-order valence-electron chi connectivity index (χ4n) is 1.90. The van der Waals surface area contributed by atoms with Crippen molar-refractivity contribution in [3.05, 3.63) is 76.4 Å². The third-order valence-electron chi connectivity index (χ3n) is 2.97. The van der Waals surface area contributed by atoms with Crippen LogP contribution in [0.2, 0.25) is 0 Å². The van der Waals surface area contributed by atoms with Gasteiger partial charge in [0.05, 0.1) is 6.21 Å². The molecule has 0 unspecified atom stereocenters. The minimum Gasteiger partial charge on any atom is -0.423 e. The second-order valence-corrected chi connectivity index (χ2v) is 4.49. The van der Waals surface area contributed by atoms with Crippen LogP contribution in [0.5, 0.6) is 0 Å². The lowest BCUT2D eigenvalue weighted by atomic mass is 10.1. The summed E-state index contributed by atoms with van der Waals surface area (Å²) in [6.07, 6.45) is 4.59. The van der Waals surface area contributed by atoms with E-state index in [0.29, 0.717) is 11.1 Å². The Kier molecular flexibility index (Phi) is 3.74. The molecule has 1 amide bonds. The van der Waals surface area contributed by atoms with Gasteiger partial charge in [0, 0.05) is 29.4 Å². The van der Waals surface area contributed by atoms with E-state index in [0.717, 1.165) is 10.9 Å². The first kappa shape index (κ1) is 13.7. The van der Waals surface area contributed by atoms with Crippen LogP contribution in [-0.4, -0.2) is 17.1 Å². The molecule has 22 heavy (non-hydrogen) atoms. The number of amides is 1. The lowest BCUT2D eigenvalue weighted by Gasteiger charge is -1.99. The van der Waals surface area contributed by atoms with Gasteiger partial charge in [-0.15, -0.1) is 0 Å². The first-order chi connectivity index (χ1) is 10.7. The third-order valence-corrected chi connectivity index (χ3v) is 2.97. The maximum atomic E-state index is 11.8. The number of fused-ring (bicyclic) bond motifs is 1. The Labute approximate surface area is 125 Å². The van der Waals surface area contributed by atoms with E-state index in [1.54, 1.807) is 36.4 Å². The summed E-state index contributed by atoms with van der Waals surface area (Å²) in [6, 6.07) is 11.5. The molecule has 2 heterocycles. The molecule has 0 spiro atoms. The van der Waals surface area contributed by atoms with Crippen molar-refractivity contribution >= 4 is 23.1 Å². The monoisotopic (exact) mass is 293 g/mol. The molecular weight excluding hydrogens is 282 g/mol. The third kappa shape index (κ3) is 3.06. The second kappa shape index (κ2) is 6.01. The number of carbonyl (C=O) groups is 1. The summed E-state index contributed by atoms with van der Waals surface area (Å²) in [5.74, 6) is -0.314. The molecule has 108 valence electrons. The molecule has 0 aliphatic rings. The molecule has 6 nitrogen and oxygen atoms in total. The molecule has 6 heteroatoms. The van der Waals surface area contributed by atoms with Gasteiger partial charge in [-0.25, -0.2) is 10.2 Å². The molecule has 2 aromatic heterocycles. The molecule has 0 aliphatic heterocycles. The van der Waals surface area contributed by atoms with Gasteiger partial charge in [0.2, 0.25) is 0 Å². The minimum absolute atomic E-state index is 0.314. The van der Waals surface area contributed by atoms with E-state index < -0.39 is 5.63 Å². The summed E-state index contributed by atoms with van der Waals surface area (Å²) < 4.78 is 5.04. The summed E-state index contributed by atoms with van der Waals surface area (Å²) >= 11 is 0. The van der Waals surface area contributed by atoms with Crippen molar-refractivity contribution in [2.45, 2.75) is 0 Å². The molecule has 1 N–H and O–H groups in total. The van der Waals surface area contributed by atoms with Gasteiger partial charge >= 0.3 is 5.63 Å². The number of hydrogen-bond acceptors (Lipinski definition) is 5. The highest BCUT2D eigenvalue weighted by Crippen LogP contribution is 2.12. The van der Waals surface area contributed by atoms with Gasteiger partial charge in [0.15, 0.2) is 0 Å². The number of rotatable bonds is 3. The van der Waals surface area contributed by atoms with Crippen LogP contribution in [0, 0.1) is 0 Å². The van der Waals surface area contributed by atoms with E-state index >= 15 is 0 Å². The van der Waals surface area contributed by atoms with E-state index in [2.05, 4.69) is 15.5 Å². The van der Waals surface area contributed by atoms with Gasteiger partial charge in [0.1, 0.15) is 5.58 Å². The maximum Gasteiger partial charge on any atom is 0.336 e. The number of aromatic nitrogens is 1. The highest BCUT2D eigenvalue weighted by Gasteiger charge is 2.02. The smallest absolute Gasteiger partial charge is 0.336 e. The van der Waals surface area contributed by atoms with E-state index in [1.165, 1.54) is 24.7 Å². The van der Waals surface area contributed by atoms with Crippen LogP contribution in [0.4, 0.5) is 0 Å². The maximum absolute atomic E-state index is 11.8. The van der Waals surface area contributed by atoms with Crippen molar-refractivity contribution in [1.82, 2.24) is 10.4 Å². The van der Waals surface area contributed by atoms with Crippen LogP contribution in [0.15, 0.2) is 69.2 Å². The van der Waals surface area contributed by atoms with E-state index in [9.17, 15) is 9.59 Å². The summed E-state index contributed by atoms with van der Waals surface area (Å²) in [6.45, 7) is 0. The van der Waals surface area contributed by atoms with E-state index in [4.69, 9.17) is 4.42 Å². The summed E-state index contributed by atoms with van der Waals surface area (Å²) in [7, 11) is 0. The van der Waals surface area contributed by atoms with Crippen LogP contribution < -0.4 is 11.1 Å². The van der Waals surface area contributed by atoms with Gasteiger partial charge in [-0.05, 0) is 42.0 Å². The molecule has 0 saturated heterocycles. The standard InChI is InChI=1S/C16H11N3O3/c20-15-4-2-13-9-11(1-3-14(13)22-15)10-18-19-16(21)12-5-7-17-8-6-12/h1-10H,(H,19,21)/b18-10-. The molecule has 0 radical (unpaired) electrons. The Morgan fingerprint density at radius 1 is 1.14 bits per heavy atom. The van der Waals surface area contributed by atoms with Gasteiger partial charge in [-0.2, -0.15) is 5.10 Å². The van der Waals surface area contributed by atoms with Gasteiger partial charge in [-0.1, -0.05) is 0 Å². The number of benzene rings is 1. The molecular formula is C16H11N3O3. The number of carbonyl (C=O) groups excluding carboxylic acids is 1. The Bertz CT molecular complexity index is 901. The van der Waals surface area contributed by atoms with Crippen molar-refractivity contribution in [2.24, 2.45) is 5.10 Å². The minimum atomic E-state index is -0.390. The molecule has 0 saturated carbocycles. The average molecular weight is 293 g/mol.